The van der Waals surface area contributed by atoms with Crippen molar-refractivity contribution in [1.82, 2.24) is 0 Å². The zero-order chi connectivity index (χ0) is 27.2. The van der Waals surface area contributed by atoms with Crippen molar-refractivity contribution in [2.45, 2.75) is 66.2 Å². The van der Waals surface area contributed by atoms with Crippen LogP contribution in [0.15, 0.2) is 84.9 Å². The van der Waals surface area contributed by atoms with Crippen LogP contribution in [0.25, 0.3) is 42.4 Å². The second kappa shape index (κ2) is 13.9. The van der Waals surface area contributed by atoms with Gasteiger partial charge in [-0.1, -0.05) is 101 Å². The predicted octanol–water partition coefficient (Wildman–Crippen LogP) is 5.79. The maximum atomic E-state index is 2.35. The van der Waals surface area contributed by atoms with Crippen LogP contribution in [0, 0.1) is 13.8 Å². The summed E-state index contributed by atoms with van der Waals surface area (Å²) in [6.07, 6.45) is 0. The third kappa shape index (κ3) is 7.93. The first-order valence-electron chi connectivity index (χ1n) is 13.4. The molecule has 0 fully saturated rings. The van der Waals surface area contributed by atoms with Gasteiger partial charge in [0.2, 0.25) is 0 Å². The van der Waals surface area contributed by atoms with Crippen molar-refractivity contribution in [1.29, 1.82) is 0 Å². The fourth-order valence-corrected chi connectivity index (χ4v) is 6.95. The van der Waals surface area contributed by atoms with Crippen molar-refractivity contribution in [3.8, 4) is 20.9 Å². The van der Waals surface area contributed by atoms with Gasteiger partial charge in [-0.15, -0.1) is 69.1 Å². The first-order chi connectivity index (χ1) is 17.9. The van der Waals surface area contributed by atoms with Crippen molar-refractivity contribution in [2.75, 3.05) is 0 Å². The van der Waals surface area contributed by atoms with Gasteiger partial charge < -0.3 is 24.8 Å². The molecule has 0 bridgehead atoms. The average molecular weight is 697 g/mol. The van der Waals surface area contributed by atoms with Crippen molar-refractivity contribution in [3.63, 3.8) is 0 Å². The molecule has 2 heterocycles. The molecular weight excluding hydrogens is 659 g/mol. The van der Waals surface area contributed by atoms with Gasteiger partial charge in [-0.05, 0) is 44.2 Å². The molecule has 6 aromatic rings. The van der Waals surface area contributed by atoms with Crippen molar-refractivity contribution in [2.24, 2.45) is 0 Å². The quantitative estimate of drug-likeness (QED) is 0.201. The summed E-state index contributed by atoms with van der Waals surface area (Å²) in [6, 6.07) is 31.5. The maximum absolute atomic E-state index is 2.35. The van der Waals surface area contributed by atoms with Crippen molar-refractivity contribution < 1.29 is 51.0 Å². The summed E-state index contributed by atoms with van der Waals surface area (Å²) in [5.74, 6) is 0. The minimum Gasteiger partial charge on any atom is -1.00 e. The van der Waals surface area contributed by atoms with Gasteiger partial charge in [0, 0.05) is 0 Å². The Balaban J connectivity index is 0.000000267. The smallest absolute Gasteiger partial charge is 1.00 e. The second-order valence-corrected chi connectivity index (χ2v) is 15.0. The van der Waals surface area contributed by atoms with E-state index in [4.69, 9.17) is 0 Å². The van der Waals surface area contributed by atoms with E-state index in [2.05, 4.69) is 140 Å². The van der Waals surface area contributed by atoms with E-state index in [1.165, 1.54) is 63.3 Å². The van der Waals surface area contributed by atoms with Gasteiger partial charge in [0.25, 0.3) is 0 Å². The Hall–Kier alpha value is -1.48. The molecule has 0 aliphatic heterocycles. The third-order valence-electron chi connectivity index (χ3n) is 7.17. The number of rotatable bonds is 2. The summed E-state index contributed by atoms with van der Waals surface area (Å²) in [7, 11) is 0. The summed E-state index contributed by atoms with van der Waals surface area (Å²) >= 11 is 3.74. The Morgan fingerprint density at radius 3 is 1.20 bits per heavy atom. The van der Waals surface area contributed by atoms with E-state index in [9.17, 15) is 0 Å². The summed E-state index contributed by atoms with van der Waals surface area (Å²) in [6.45, 7) is 18.0. The predicted molar refractivity (Wildman–Crippen MR) is 173 cm³/mol. The van der Waals surface area contributed by atoms with Gasteiger partial charge in [0.05, 0.1) is 0 Å². The molecule has 0 radical (unpaired) electrons. The molecular formula is C36H38Cl2S2Zr. The van der Waals surface area contributed by atoms with Crippen LogP contribution in [0.5, 0.6) is 0 Å². The minimum atomic E-state index is 0. The minimum absolute atomic E-state index is 0. The standard InChI is InChI=1S/2C18H19S.2ClH.Zr/c2*1-12-8-9-17(19-12)14-10-13-6-5-7-16(15(13)11-14)18(2,3)4;;;/h2*5-11H,1-4H3;2*1H;/q2*-1;;;+4/p-2. The fraction of sp³-hybridized carbons (Fsp3) is 0.278. The number of aryl methyl sites for hydroxylation is 2. The van der Waals surface area contributed by atoms with E-state index in [1.54, 1.807) is 0 Å². The molecule has 6 rings (SSSR count). The van der Waals surface area contributed by atoms with Gasteiger partial charge in [0.15, 0.2) is 0 Å². The number of thiophene rings is 2. The molecule has 0 N–H and O–H groups in total. The monoisotopic (exact) mass is 694 g/mol. The number of benzene rings is 2. The van der Waals surface area contributed by atoms with E-state index in [0.29, 0.717) is 0 Å². The summed E-state index contributed by atoms with van der Waals surface area (Å²) < 4.78 is 0. The van der Waals surface area contributed by atoms with Crippen LogP contribution in [0.4, 0.5) is 0 Å². The molecule has 0 amide bonds. The molecule has 0 aliphatic carbocycles. The van der Waals surface area contributed by atoms with Crippen molar-refractivity contribution in [3.05, 3.63) is 106 Å². The summed E-state index contributed by atoms with van der Waals surface area (Å²) in [5.41, 5.74) is 5.95. The van der Waals surface area contributed by atoms with Gasteiger partial charge >= 0.3 is 26.2 Å². The molecule has 2 aromatic heterocycles. The molecule has 212 valence electrons. The largest absolute Gasteiger partial charge is 4.00 e. The van der Waals surface area contributed by atoms with Crippen LogP contribution in [-0.2, 0) is 37.0 Å². The number of halogens is 2. The first-order valence-corrected chi connectivity index (χ1v) is 15.1. The zero-order valence-corrected chi connectivity index (χ0v) is 30.8. The van der Waals surface area contributed by atoms with Gasteiger partial charge in [-0.2, -0.15) is 22.7 Å². The molecule has 4 aromatic carbocycles. The fourth-order valence-electron chi connectivity index (χ4n) is 5.24. The number of hydrogen-bond acceptors (Lipinski definition) is 2. The molecule has 0 nitrogen and oxygen atoms in total. The van der Waals surface area contributed by atoms with Crippen molar-refractivity contribution >= 4 is 44.2 Å². The molecule has 0 unspecified atom stereocenters. The normalized spacial score (nSPS) is 11.3. The SMILES string of the molecule is Cc1ccc(-c2cc3c(C(C)(C)C)cccc3[cH-]2)s1.Cc1ccc(-c2cc3c(C(C)(C)C)cccc3[cH-]2)s1.[Cl-].[Cl-].[Zr+4]. The van der Waals surface area contributed by atoms with Gasteiger partial charge in [0.1, 0.15) is 0 Å². The van der Waals surface area contributed by atoms with E-state index < -0.39 is 0 Å². The Bertz CT molecular complexity index is 1590. The van der Waals surface area contributed by atoms with Crippen LogP contribution in [0.2, 0.25) is 0 Å². The number of hydrogen-bond donors (Lipinski definition) is 0. The molecule has 0 saturated heterocycles. The van der Waals surface area contributed by atoms with Crippen LogP contribution in [-0.4, -0.2) is 0 Å². The van der Waals surface area contributed by atoms with E-state index in [-0.39, 0.29) is 61.8 Å². The molecule has 5 heteroatoms. The van der Waals surface area contributed by atoms with Crippen LogP contribution in [0.1, 0.15) is 62.4 Å². The Morgan fingerprint density at radius 2 is 0.902 bits per heavy atom. The molecule has 0 atom stereocenters. The number of fused-ring (bicyclic) bond motifs is 2. The van der Waals surface area contributed by atoms with Gasteiger partial charge in [-0.25, -0.2) is 0 Å². The summed E-state index contributed by atoms with van der Waals surface area (Å²) in [4.78, 5) is 5.48. The topological polar surface area (TPSA) is 0 Å². The molecule has 41 heavy (non-hydrogen) atoms. The van der Waals surface area contributed by atoms with Gasteiger partial charge in [-0.3, -0.25) is 0 Å². The third-order valence-corrected chi connectivity index (χ3v) is 9.27. The van der Waals surface area contributed by atoms with E-state index in [0.717, 1.165) is 0 Å². The Labute approximate surface area is 285 Å². The first kappa shape index (κ1) is 35.7. The summed E-state index contributed by atoms with van der Waals surface area (Å²) in [5, 5.41) is 5.51. The Kier molecular flexibility index (Phi) is 12.1. The molecule has 0 spiro atoms. The molecule has 0 aliphatic rings. The van der Waals surface area contributed by atoms with Crippen LogP contribution < -0.4 is 24.8 Å². The molecule has 0 saturated carbocycles. The van der Waals surface area contributed by atoms with Crippen LogP contribution >= 0.6 is 22.7 Å². The van der Waals surface area contributed by atoms with E-state index >= 15 is 0 Å². The van der Waals surface area contributed by atoms with E-state index in [1.807, 2.05) is 22.7 Å². The zero-order valence-electron chi connectivity index (χ0n) is 25.2. The average Bonchev–Trinajstić information content (AvgIpc) is 3.62. The second-order valence-electron chi connectivity index (χ2n) is 12.4. The van der Waals surface area contributed by atoms with Crippen LogP contribution in [0.3, 0.4) is 0 Å². The Morgan fingerprint density at radius 1 is 0.537 bits per heavy atom. The maximum Gasteiger partial charge on any atom is 4.00 e.